The first-order valence-corrected chi connectivity index (χ1v) is 8.29. The lowest BCUT2D eigenvalue weighted by Crippen LogP contribution is -2.19. The molecule has 5 nitrogen and oxygen atoms in total. The second-order valence-corrected chi connectivity index (χ2v) is 6.27. The summed E-state index contributed by atoms with van der Waals surface area (Å²) in [6.45, 7) is 3.49. The number of rotatable bonds is 5. The summed E-state index contributed by atoms with van der Waals surface area (Å²) in [5.74, 6) is 1.20. The van der Waals surface area contributed by atoms with Gasteiger partial charge in [0.1, 0.15) is 5.82 Å². The van der Waals surface area contributed by atoms with Crippen molar-refractivity contribution in [2.45, 2.75) is 25.9 Å². The van der Waals surface area contributed by atoms with E-state index < -0.39 is 0 Å². The Hall–Kier alpha value is -1.56. The van der Waals surface area contributed by atoms with Gasteiger partial charge in [0.15, 0.2) is 0 Å². The number of nitrogens with one attached hydrogen (secondary N) is 2. The molecule has 7 heteroatoms. The van der Waals surface area contributed by atoms with E-state index >= 15 is 0 Å². The summed E-state index contributed by atoms with van der Waals surface area (Å²) in [6.07, 6.45) is 2.45. The molecule has 1 aromatic heterocycles. The van der Waals surface area contributed by atoms with E-state index in [9.17, 15) is 0 Å². The summed E-state index contributed by atoms with van der Waals surface area (Å²) in [4.78, 5) is 8.85. The maximum Gasteiger partial charge on any atom is 0.229 e. The first kappa shape index (κ1) is 16.3. The summed E-state index contributed by atoms with van der Waals surface area (Å²) < 4.78 is 5.61. The molecule has 3 rings (SSSR count). The van der Waals surface area contributed by atoms with Crippen LogP contribution in [0.15, 0.2) is 24.3 Å². The van der Waals surface area contributed by atoms with Gasteiger partial charge in [0.05, 0.1) is 21.8 Å². The van der Waals surface area contributed by atoms with Crippen molar-refractivity contribution in [3.63, 3.8) is 0 Å². The number of hydrogen-bond donors (Lipinski definition) is 2. The Labute approximate surface area is 145 Å². The maximum absolute atomic E-state index is 6.17. The van der Waals surface area contributed by atoms with Crippen molar-refractivity contribution in [2.24, 2.45) is 0 Å². The van der Waals surface area contributed by atoms with Crippen LogP contribution in [0.5, 0.6) is 0 Å². The number of benzene rings is 1. The van der Waals surface area contributed by atoms with Crippen LogP contribution in [0, 0.1) is 6.92 Å². The number of aromatic nitrogens is 2. The number of aryl methyl sites for hydroxylation is 1. The molecular weight excluding hydrogens is 335 g/mol. The zero-order valence-corrected chi connectivity index (χ0v) is 14.3. The third-order valence-corrected chi connectivity index (χ3v) is 4.22. The van der Waals surface area contributed by atoms with Crippen LogP contribution in [-0.2, 0) is 4.74 Å². The average Bonchev–Trinajstić information content (AvgIpc) is 3.02. The molecule has 122 valence electrons. The van der Waals surface area contributed by atoms with Crippen LogP contribution in [0.2, 0.25) is 10.0 Å². The van der Waals surface area contributed by atoms with E-state index in [1.165, 1.54) is 0 Å². The van der Waals surface area contributed by atoms with Crippen LogP contribution in [0.4, 0.5) is 17.5 Å². The fourth-order valence-corrected chi connectivity index (χ4v) is 2.96. The van der Waals surface area contributed by atoms with Crippen LogP contribution < -0.4 is 10.6 Å². The van der Waals surface area contributed by atoms with Gasteiger partial charge in [0, 0.05) is 24.9 Å². The van der Waals surface area contributed by atoms with Gasteiger partial charge in [-0.15, -0.1) is 0 Å². The summed E-state index contributed by atoms with van der Waals surface area (Å²) in [7, 11) is 0. The number of ether oxygens (including phenoxy) is 1. The van der Waals surface area contributed by atoms with Gasteiger partial charge >= 0.3 is 0 Å². The second-order valence-electron chi connectivity index (χ2n) is 5.46. The Kier molecular flexibility index (Phi) is 5.20. The lowest BCUT2D eigenvalue weighted by molar-refractivity contribution is 0.120. The fraction of sp³-hybridized carbons (Fsp3) is 0.375. The summed E-state index contributed by atoms with van der Waals surface area (Å²) in [6, 6.07) is 7.22. The molecule has 1 aromatic carbocycles. The SMILES string of the molecule is Cc1cc(NCC2CCCO2)nc(Nc2c(Cl)cccc2Cl)n1. The predicted molar refractivity (Wildman–Crippen MR) is 94.0 cm³/mol. The topological polar surface area (TPSA) is 59.1 Å². The van der Waals surface area contributed by atoms with Gasteiger partial charge in [-0.25, -0.2) is 4.98 Å². The summed E-state index contributed by atoms with van der Waals surface area (Å²) in [5.41, 5.74) is 1.45. The first-order chi connectivity index (χ1) is 11.1. The van der Waals surface area contributed by atoms with E-state index in [0.717, 1.165) is 37.5 Å². The molecule has 2 aromatic rings. The minimum atomic E-state index is 0.250. The standard InChI is InChI=1S/C16H18Cl2N4O/c1-10-8-14(19-9-11-4-3-7-23-11)21-16(20-10)22-15-12(17)5-2-6-13(15)18/h2,5-6,8,11H,3-4,7,9H2,1H3,(H2,19,20,21,22). The molecule has 1 fully saturated rings. The third-order valence-electron chi connectivity index (χ3n) is 3.59. The van der Waals surface area contributed by atoms with Gasteiger partial charge in [-0.1, -0.05) is 29.3 Å². The smallest absolute Gasteiger partial charge is 0.229 e. The molecule has 0 aliphatic carbocycles. The summed E-state index contributed by atoms with van der Waals surface area (Å²) in [5, 5.41) is 7.44. The van der Waals surface area contributed by atoms with Crippen molar-refractivity contribution < 1.29 is 4.74 Å². The molecular formula is C16H18Cl2N4O. The number of nitrogens with zero attached hydrogens (tertiary/aromatic N) is 2. The number of hydrogen-bond acceptors (Lipinski definition) is 5. The molecule has 1 saturated heterocycles. The van der Waals surface area contributed by atoms with Crippen LogP contribution in [-0.4, -0.2) is 29.2 Å². The molecule has 0 amide bonds. The third kappa shape index (κ3) is 4.25. The lowest BCUT2D eigenvalue weighted by Gasteiger charge is -2.14. The highest BCUT2D eigenvalue weighted by molar-refractivity contribution is 6.39. The Morgan fingerprint density at radius 3 is 2.74 bits per heavy atom. The van der Waals surface area contributed by atoms with Crippen molar-refractivity contribution in [3.05, 3.63) is 40.0 Å². The molecule has 23 heavy (non-hydrogen) atoms. The molecule has 1 unspecified atom stereocenters. The van der Waals surface area contributed by atoms with Gasteiger partial charge in [-0.3, -0.25) is 0 Å². The lowest BCUT2D eigenvalue weighted by atomic mass is 10.2. The van der Waals surface area contributed by atoms with Crippen molar-refractivity contribution in [2.75, 3.05) is 23.8 Å². The van der Waals surface area contributed by atoms with Crippen LogP contribution in [0.3, 0.4) is 0 Å². The van der Waals surface area contributed by atoms with E-state index in [2.05, 4.69) is 20.6 Å². The Morgan fingerprint density at radius 1 is 1.26 bits per heavy atom. The molecule has 0 saturated carbocycles. The highest BCUT2D eigenvalue weighted by Crippen LogP contribution is 2.31. The Morgan fingerprint density at radius 2 is 2.04 bits per heavy atom. The maximum atomic E-state index is 6.17. The highest BCUT2D eigenvalue weighted by atomic mass is 35.5. The number of anilines is 3. The second kappa shape index (κ2) is 7.34. The van der Waals surface area contributed by atoms with Crippen molar-refractivity contribution in [1.29, 1.82) is 0 Å². The van der Waals surface area contributed by atoms with Crippen molar-refractivity contribution in [1.82, 2.24) is 9.97 Å². The zero-order valence-electron chi connectivity index (χ0n) is 12.8. The first-order valence-electron chi connectivity index (χ1n) is 7.54. The molecule has 1 aliphatic rings. The molecule has 2 N–H and O–H groups in total. The van der Waals surface area contributed by atoms with E-state index in [1.807, 2.05) is 13.0 Å². The molecule has 1 atom stereocenters. The zero-order chi connectivity index (χ0) is 16.2. The van der Waals surface area contributed by atoms with Gasteiger partial charge in [0.2, 0.25) is 5.95 Å². The number of para-hydroxylation sites is 1. The van der Waals surface area contributed by atoms with E-state index in [-0.39, 0.29) is 6.10 Å². The van der Waals surface area contributed by atoms with E-state index in [1.54, 1.807) is 18.2 Å². The van der Waals surface area contributed by atoms with Crippen molar-refractivity contribution in [3.8, 4) is 0 Å². The van der Waals surface area contributed by atoms with Gasteiger partial charge in [-0.05, 0) is 31.9 Å². The fourth-order valence-electron chi connectivity index (χ4n) is 2.47. The van der Waals surface area contributed by atoms with Crippen LogP contribution in [0.1, 0.15) is 18.5 Å². The Bertz CT molecular complexity index is 670. The normalized spacial score (nSPS) is 17.3. The highest BCUT2D eigenvalue weighted by Gasteiger charge is 2.15. The van der Waals surface area contributed by atoms with Gasteiger partial charge in [0.25, 0.3) is 0 Å². The van der Waals surface area contributed by atoms with Gasteiger partial charge < -0.3 is 15.4 Å². The van der Waals surface area contributed by atoms with Crippen LogP contribution >= 0.6 is 23.2 Å². The molecule has 0 radical (unpaired) electrons. The predicted octanol–water partition coefficient (Wildman–Crippen LogP) is 4.43. The summed E-state index contributed by atoms with van der Waals surface area (Å²) >= 11 is 12.3. The quantitative estimate of drug-likeness (QED) is 0.833. The van der Waals surface area contributed by atoms with Crippen LogP contribution in [0.25, 0.3) is 0 Å². The minimum Gasteiger partial charge on any atom is -0.376 e. The molecule has 0 spiro atoms. The van der Waals surface area contributed by atoms with E-state index in [4.69, 9.17) is 27.9 Å². The minimum absolute atomic E-state index is 0.250. The molecule has 1 aliphatic heterocycles. The van der Waals surface area contributed by atoms with Gasteiger partial charge in [-0.2, -0.15) is 4.98 Å². The largest absolute Gasteiger partial charge is 0.376 e. The average molecular weight is 353 g/mol. The molecule has 0 bridgehead atoms. The Balaban J connectivity index is 1.74. The molecule has 2 heterocycles. The number of halogens is 2. The van der Waals surface area contributed by atoms with Crippen molar-refractivity contribution >= 4 is 40.7 Å². The van der Waals surface area contributed by atoms with E-state index in [0.29, 0.717) is 21.7 Å². The monoisotopic (exact) mass is 352 g/mol.